The van der Waals surface area contributed by atoms with E-state index < -0.39 is 16.8 Å². The molecule has 2 aromatic rings. The minimum absolute atomic E-state index is 0.123. The first kappa shape index (κ1) is 14.5. The van der Waals surface area contributed by atoms with Gasteiger partial charge in [-0.2, -0.15) is 0 Å². The molecule has 0 saturated heterocycles. The molecule has 2 rings (SSSR count). The van der Waals surface area contributed by atoms with E-state index in [1.807, 2.05) is 32.0 Å². The number of hydrogen-bond acceptors (Lipinski definition) is 3. The molecule has 1 unspecified atom stereocenters. The van der Waals surface area contributed by atoms with Crippen LogP contribution in [0.1, 0.15) is 33.0 Å². The summed E-state index contributed by atoms with van der Waals surface area (Å²) in [7, 11) is -1.25. The monoisotopic (exact) mass is 292 g/mol. The lowest BCUT2D eigenvalue weighted by Crippen LogP contribution is -1.99. The Morgan fingerprint density at radius 3 is 2.55 bits per heavy atom. The molecule has 0 aliphatic carbocycles. The van der Waals surface area contributed by atoms with Crippen LogP contribution in [0.4, 0.5) is 0 Å². The van der Waals surface area contributed by atoms with Crippen LogP contribution in [0.25, 0.3) is 0 Å². The highest BCUT2D eigenvalue weighted by Crippen LogP contribution is 2.21. The minimum Gasteiger partial charge on any atom is -0.478 e. The number of carbonyl (C=O) groups is 1. The van der Waals surface area contributed by atoms with E-state index in [9.17, 15) is 9.00 Å². The van der Waals surface area contributed by atoms with Crippen LogP contribution in [0.5, 0.6) is 0 Å². The van der Waals surface area contributed by atoms with E-state index in [0.29, 0.717) is 11.5 Å². The van der Waals surface area contributed by atoms with Crippen molar-refractivity contribution in [3.63, 3.8) is 0 Å². The molecule has 0 spiro atoms. The van der Waals surface area contributed by atoms with E-state index in [1.54, 1.807) is 6.92 Å². The topological polar surface area (TPSA) is 67.5 Å². The molecule has 106 valence electrons. The summed E-state index contributed by atoms with van der Waals surface area (Å²) in [6.45, 7) is 5.44. The summed E-state index contributed by atoms with van der Waals surface area (Å²) in [6.07, 6.45) is 0. The summed E-state index contributed by atoms with van der Waals surface area (Å²) in [5.74, 6) is -0.0853. The second-order valence-electron chi connectivity index (χ2n) is 4.75. The van der Waals surface area contributed by atoms with Gasteiger partial charge >= 0.3 is 5.97 Å². The number of aromatic carboxylic acids is 1. The molecule has 0 radical (unpaired) electrons. The lowest BCUT2D eigenvalue weighted by Gasteiger charge is -2.05. The minimum atomic E-state index is -1.25. The fourth-order valence-electron chi connectivity index (χ4n) is 1.99. The summed E-state index contributed by atoms with van der Waals surface area (Å²) in [6, 6.07) is 7.23. The summed E-state index contributed by atoms with van der Waals surface area (Å²) in [4.78, 5) is 11.7. The Balaban J connectivity index is 2.26. The summed E-state index contributed by atoms with van der Waals surface area (Å²) >= 11 is 0. The third-order valence-corrected chi connectivity index (χ3v) is 4.54. The van der Waals surface area contributed by atoms with Gasteiger partial charge in [-0.25, -0.2) is 4.79 Å². The second-order valence-corrected chi connectivity index (χ2v) is 6.17. The maximum atomic E-state index is 12.4. The van der Waals surface area contributed by atoms with Crippen LogP contribution in [-0.4, -0.2) is 15.3 Å². The number of aryl methyl sites for hydroxylation is 3. The van der Waals surface area contributed by atoms with Gasteiger partial charge in [-0.1, -0.05) is 12.1 Å². The van der Waals surface area contributed by atoms with Crippen molar-refractivity contribution in [3.05, 3.63) is 52.5 Å². The lowest BCUT2D eigenvalue weighted by molar-refractivity contribution is 0.0695. The fraction of sp³-hybridized carbons (Fsp3) is 0.267. The van der Waals surface area contributed by atoms with Crippen molar-refractivity contribution in [1.29, 1.82) is 0 Å². The number of benzene rings is 1. The smallest absolute Gasteiger partial charge is 0.339 e. The third kappa shape index (κ3) is 2.99. The molecule has 1 aromatic carbocycles. The lowest BCUT2D eigenvalue weighted by atomic mass is 10.2. The van der Waals surface area contributed by atoms with E-state index in [4.69, 9.17) is 9.52 Å². The molecule has 4 nitrogen and oxygen atoms in total. The van der Waals surface area contributed by atoms with E-state index in [0.717, 1.165) is 16.0 Å². The molecular formula is C15H16O4S. The highest BCUT2D eigenvalue weighted by atomic mass is 32.2. The molecule has 1 N–H and O–H groups in total. The average Bonchev–Trinajstić information content (AvgIpc) is 2.73. The van der Waals surface area contributed by atoms with Crippen LogP contribution >= 0.6 is 0 Å². The summed E-state index contributed by atoms with van der Waals surface area (Å²) in [5, 5.41) is 8.97. The van der Waals surface area contributed by atoms with Gasteiger partial charge in [0.15, 0.2) is 0 Å². The Hall–Kier alpha value is -1.88. The van der Waals surface area contributed by atoms with Gasteiger partial charge in [-0.15, -0.1) is 0 Å². The SMILES string of the molecule is Cc1ccc(C)c(S(=O)Cc2cc(C(=O)O)c(C)o2)c1. The molecule has 0 bridgehead atoms. The highest BCUT2D eigenvalue weighted by molar-refractivity contribution is 7.84. The summed E-state index contributed by atoms with van der Waals surface area (Å²) in [5.41, 5.74) is 2.12. The number of carboxylic acid groups (broad SMARTS) is 1. The molecule has 1 atom stereocenters. The Morgan fingerprint density at radius 2 is 1.95 bits per heavy atom. The first-order chi connectivity index (χ1) is 9.38. The van der Waals surface area contributed by atoms with Crippen molar-refractivity contribution in [2.45, 2.75) is 31.4 Å². The van der Waals surface area contributed by atoms with Gasteiger partial charge in [0.1, 0.15) is 17.1 Å². The zero-order valence-electron chi connectivity index (χ0n) is 11.6. The Bertz CT molecular complexity index is 685. The molecule has 5 heteroatoms. The Labute approximate surface area is 119 Å². The first-order valence-electron chi connectivity index (χ1n) is 6.16. The van der Waals surface area contributed by atoms with Gasteiger partial charge in [0.2, 0.25) is 0 Å². The molecule has 0 aliphatic heterocycles. The van der Waals surface area contributed by atoms with Crippen LogP contribution in [0.2, 0.25) is 0 Å². The number of furan rings is 1. The van der Waals surface area contributed by atoms with Crippen LogP contribution < -0.4 is 0 Å². The van der Waals surface area contributed by atoms with Gasteiger partial charge in [-0.05, 0) is 44.0 Å². The van der Waals surface area contributed by atoms with Gasteiger partial charge in [0.05, 0.1) is 16.6 Å². The van der Waals surface area contributed by atoms with E-state index in [-0.39, 0.29) is 11.3 Å². The van der Waals surface area contributed by atoms with Crippen molar-refractivity contribution in [2.24, 2.45) is 0 Å². The molecule has 20 heavy (non-hydrogen) atoms. The number of hydrogen-bond donors (Lipinski definition) is 1. The predicted molar refractivity (Wildman–Crippen MR) is 76.4 cm³/mol. The summed E-state index contributed by atoms with van der Waals surface area (Å²) < 4.78 is 17.7. The zero-order chi connectivity index (χ0) is 14.9. The zero-order valence-corrected chi connectivity index (χ0v) is 12.4. The van der Waals surface area contributed by atoms with Gasteiger partial charge < -0.3 is 9.52 Å². The Morgan fingerprint density at radius 1 is 1.25 bits per heavy atom. The highest BCUT2D eigenvalue weighted by Gasteiger charge is 2.16. The molecule has 0 saturated carbocycles. The third-order valence-electron chi connectivity index (χ3n) is 3.06. The average molecular weight is 292 g/mol. The van der Waals surface area contributed by atoms with Crippen LogP contribution in [0.3, 0.4) is 0 Å². The van der Waals surface area contributed by atoms with Crippen molar-refractivity contribution in [2.75, 3.05) is 0 Å². The van der Waals surface area contributed by atoms with E-state index >= 15 is 0 Å². The van der Waals surface area contributed by atoms with Crippen molar-refractivity contribution < 1.29 is 18.5 Å². The van der Waals surface area contributed by atoms with E-state index in [1.165, 1.54) is 6.07 Å². The van der Waals surface area contributed by atoms with Crippen molar-refractivity contribution in [1.82, 2.24) is 0 Å². The standard InChI is InChI=1S/C15H16O4S/c1-9-4-5-10(2)14(6-9)20(18)8-12-7-13(15(16)17)11(3)19-12/h4-7H,8H2,1-3H3,(H,16,17). The van der Waals surface area contributed by atoms with Crippen molar-refractivity contribution in [3.8, 4) is 0 Å². The maximum Gasteiger partial charge on any atom is 0.339 e. The van der Waals surface area contributed by atoms with Crippen LogP contribution in [-0.2, 0) is 16.6 Å². The maximum absolute atomic E-state index is 12.4. The molecule has 0 aliphatic rings. The molecule has 0 fully saturated rings. The Kier molecular flexibility index (Phi) is 4.09. The largest absolute Gasteiger partial charge is 0.478 e. The molecule has 0 amide bonds. The fourth-order valence-corrected chi connectivity index (χ4v) is 3.29. The normalized spacial score (nSPS) is 12.3. The molecule has 1 heterocycles. The predicted octanol–water partition coefficient (Wildman–Crippen LogP) is 3.21. The van der Waals surface area contributed by atoms with E-state index in [2.05, 4.69) is 0 Å². The van der Waals surface area contributed by atoms with Gasteiger partial charge in [-0.3, -0.25) is 4.21 Å². The molecular weight excluding hydrogens is 276 g/mol. The van der Waals surface area contributed by atoms with Gasteiger partial charge in [0, 0.05) is 4.90 Å². The molecule has 1 aromatic heterocycles. The number of carboxylic acids is 1. The number of rotatable bonds is 4. The van der Waals surface area contributed by atoms with Gasteiger partial charge in [0.25, 0.3) is 0 Å². The first-order valence-corrected chi connectivity index (χ1v) is 7.48. The quantitative estimate of drug-likeness (QED) is 0.939. The van der Waals surface area contributed by atoms with Crippen LogP contribution in [0.15, 0.2) is 33.6 Å². The van der Waals surface area contributed by atoms with Crippen molar-refractivity contribution >= 4 is 16.8 Å². The second kappa shape index (κ2) is 5.63. The van der Waals surface area contributed by atoms with Crippen LogP contribution in [0, 0.1) is 20.8 Å².